The molecule has 22 heavy (non-hydrogen) atoms. The highest BCUT2D eigenvalue weighted by molar-refractivity contribution is 5.48. The Morgan fingerprint density at radius 2 is 2.32 bits per heavy atom. The fraction of sp³-hybridized carbons (Fsp3) is 0.471. The van der Waals surface area contributed by atoms with E-state index in [1.54, 1.807) is 0 Å². The molecule has 5 nitrogen and oxygen atoms in total. The molecule has 0 aliphatic carbocycles. The predicted molar refractivity (Wildman–Crippen MR) is 82.9 cm³/mol. The fourth-order valence-electron chi connectivity index (χ4n) is 3.50. The quantitative estimate of drug-likeness (QED) is 0.868. The minimum absolute atomic E-state index is 0.335. The van der Waals surface area contributed by atoms with Crippen molar-refractivity contribution in [1.82, 2.24) is 14.5 Å². The lowest BCUT2D eigenvalue weighted by molar-refractivity contribution is 0.171. The number of hydrogen-bond acceptors (Lipinski definition) is 4. The van der Waals surface area contributed by atoms with Crippen LogP contribution >= 0.6 is 0 Å². The highest BCUT2D eigenvalue weighted by Crippen LogP contribution is 2.35. The second kappa shape index (κ2) is 5.65. The first kappa shape index (κ1) is 13.6. The van der Waals surface area contributed by atoms with Crippen molar-refractivity contribution in [3.63, 3.8) is 0 Å². The van der Waals surface area contributed by atoms with Crippen LogP contribution in [0.25, 0.3) is 0 Å². The van der Waals surface area contributed by atoms with E-state index in [2.05, 4.69) is 33.8 Å². The molecule has 0 bridgehead atoms. The normalized spacial score (nSPS) is 19.5. The summed E-state index contributed by atoms with van der Waals surface area (Å²) in [5, 5.41) is 0. The van der Waals surface area contributed by atoms with E-state index in [1.165, 1.54) is 17.8 Å². The van der Waals surface area contributed by atoms with E-state index in [0.717, 1.165) is 37.6 Å². The Kier molecular flexibility index (Phi) is 3.50. The molecule has 0 spiro atoms. The first-order valence-corrected chi connectivity index (χ1v) is 7.85. The molecule has 2 aliphatic rings. The number of hydrogen-bond donors (Lipinski definition) is 0. The molecule has 0 saturated carbocycles. The summed E-state index contributed by atoms with van der Waals surface area (Å²) < 4.78 is 13.3. The van der Waals surface area contributed by atoms with Crippen LogP contribution in [0.4, 0.5) is 0 Å². The monoisotopic (exact) mass is 299 g/mol. The van der Waals surface area contributed by atoms with Crippen LogP contribution in [-0.4, -0.2) is 34.8 Å². The summed E-state index contributed by atoms with van der Waals surface area (Å²) in [6.45, 7) is 3.39. The van der Waals surface area contributed by atoms with Crippen LogP contribution in [0.5, 0.6) is 11.5 Å². The molecule has 116 valence electrons. The minimum Gasteiger partial charge on any atom is -0.454 e. The van der Waals surface area contributed by atoms with E-state index in [-0.39, 0.29) is 0 Å². The van der Waals surface area contributed by atoms with Crippen LogP contribution < -0.4 is 9.47 Å². The molecule has 0 radical (unpaired) electrons. The van der Waals surface area contributed by atoms with Gasteiger partial charge in [-0.3, -0.25) is 0 Å². The molecule has 4 rings (SSSR count). The number of benzene rings is 1. The summed E-state index contributed by atoms with van der Waals surface area (Å²) in [5.74, 6) is 3.69. The molecule has 0 unspecified atom stereocenters. The Hall–Kier alpha value is -2.01. The van der Waals surface area contributed by atoms with Crippen molar-refractivity contribution in [2.24, 2.45) is 5.92 Å². The van der Waals surface area contributed by atoms with Gasteiger partial charge in [0.2, 0.25) is 6.79 Å². The fourth-order valence-corrected chi connectivity index (χ4v) is 3.50. The molecule has 1 aromatic carbocycles. The number of aromatic nitrogens is 2. The van der Waals surface area contributed by atoms with Gasteiger partial charge in [-0.25, -0.2) is 4.98 Å². The van der Waals surface area contributed by atoms with E-state index >= 15 is 0 Å². The highest BCUT2D eigenvalue weighted by Gasteiger charge is 2.22. The Labute approximate surface area is 130 Å². The van der Waals surface area contributed by atoms with Crippen LogP contribution in [-0.2, 0) is 19.5 Å². The Balaban J connectivity index is 1.39. The van der Waals surface area contributed by atoms with E-state index < -0.39 is 0 Å². The van der Waals surface area contributed by atoms with E-state index in [0.29, 0.717) is 12.7 Å². The molecule has 3 heterocycles. The molecule has 2 aromatic rings. The molecule has 5 heteroatoms. The average Bonchev–Trinajstić information content (AvgIpc) is 3.15. The number of aryl methyl sites for hydroxylation is 1. The van der Waals surface area contributed by atoms with Gasteiger partial charge in [0.15, 0.2) is 11.5 Å². The van der Waals surface area contributed by atoms with Gasteiger partial charge < -0.3 is 18.9 Å². The first-order valence-electron chi connectivity index (χ1n) is 7.85. The number of nitrogens with zero attached hydrogens (tertiary/aromatic N) is 3. The van der Waals surface area contributed by atoms with Gasteiger partial charge in [0.25, 0.3) is 0 Å². The van der Waals surface area contributed by atoms with Crippen LogP contribution in [0.15, 0.2) is 30.6 Å². The zero-order valence-corrected chi connectivity index (χ0v) is 12.9. The third-order valence-corrected chi connectivity index (χ3v) is 4.52. The minimum atomic E-state index is 0.335. The summed E-state index contributed by atoms with van der Waals surface area (Å²) in [6, 6.07) is 6.13. The molecule has 1 aromatic heterocycles. The van der Waals surface area contributed by atoms with Gasteiger partial charge in [0.1, 0.15) is 5.82 Å². The SMILES string of the molecule is CN(Cc1cccc2c1OCO2)C[C@@H]1CCc2nccn2C1. The van der Waals surface area contributed by atoms with E-state index in [4.69, 9.17) is 9.47 Å². The predicted octanol–water partition coefficient (Wildman–Crippen LogP) is 2.31. The average molecular weight is 299 g/mol. The van der Waals surface area contributed by atoms with Crippen molar-refractivity contribution in [3.8, 4) is 11.5 Å². The number of fused-ring (bicyclic) bond motifs is 2. The molecule has 0 N–H and O–H groups in total. The Morgan fingerprint density at radius 3 is 3.27 bits per heavy atom. The zero-order chi connectivity index (χ0) is 14.9. The lowest BCUT2D eigenvalue weighted by Crippen LogP contribution is -2.31. The smallest absolute Gasteiger partial charge is 0.231 e. The largest absolute Gasteiger partial charge is 0.454 e. The Morgan fingerprint density at radius 1 is 1.36 bits per heavy atom. The van der Waals surface area contributed by atoms with Crippen molar-refractivity contribution in [3.05, 3.63) is 42.0 Å². The number of rotatable bonds is 4. The van der Waals surface area contributed by atoms with Gasteiger partial charge in [0.05, 0.1) is 0 Å². The Bertz CT molecular complexity index is 668. The van der Waals surface area contributed by atoms with Crippen LogP contribution in [0, 0.1) is 5.92 Å². The van der Waals surface area contributed by atoms with Gasteiger partial charge in [-0.15, -0.1) is 0 Å². The second-order valence-electron chi connectivity index (χ2n) is 6.25. The van der Waals surface area contributed by atoms with E-state index in [9.17, 15) is 0 Å². The van der Waals surface area contributed by atoms with Gasteiger partial charge >= 0.3 is 0 Å². The van der Waals surface area contributed by atoms with Gasteiger partial charge in [-0.1, -0.05) is 12.1 Å². The van der Waals surface area contributed by atoms with Crippen molar-refractivity contribution in [2.45, 2.75) is 25.9 Å². The standard InChI is InChI=1S/C17H21N3O2/c1-19(9-13-5-6-16-18-7-8-20(16)10-13)11-14-3-2-4-15-17(14)22-12-21-15/h2-4,7-8,13H,5-6,9-12H2,1H3/t13-/m0/s1. The summed E-state index contributed by atoms with van der Waals surface area (Å²) in [5.41, 5.74) is 1.21. The van der Waals surface area contributed by atoms with Crippen LogP contribution in [0.1, 0.15) is 17.8 Å². The molecule has 0 saturated heterocycles. The summed E-state index contributed by atoms with van der Waals surface area (Å²) in [6.07, 6.45) is 6.31. The van der Waals surface area contributed by atoms with Crippen molar-refractivity contribution in [2.75, 3.05) is 20.4 Å². The van der Waals surface area contributed by atoms with Gasteiger partial charge in [-0.2, -0.15) is 0 Å². The maximum atomic E-state index is 5.60. The number of para-hydroxylation sites is 1. The first-order chi connectivity index (χ1) is 10.8. The van der Waals surface area contributed by atoms with Crippen LogP contribution in [0.2, 0.25) is 0 Å². The molecular weight excluding hydrogens is 278 g/mol. The lowest BCUT2D eigenvalue weighted by atomic mass is 9.98. The highest BCUT2D eigenvalue weighted by atomic mass is 16.7. The van der Waals surface area contributed by atoms with E-state index in [1.807, 2.05) is 18.3 Å². The van der Waals surface area contributed by atoms with Crippen molar-refractivity contribution < 1.29 is 9.47 Å². The zero-order valence-electron chi connectivity index (χ0n) is 12.9. The lowest BCUT2D eigenvalue weighted by Gasteiger charge is -2.28. The summed E-state index contributed by atoms with van der Waals surface area (Å²) in [7, 11) is 2.18. The van der Waals surface area contributed by atoms with Crippen molar-refractivity contribution in [1.29, 1.82) is 0 Å². The summed E-state index contributed by atoms with van der Waals surface area (Å²) in [4.78, 5) is 6.78. The van der Waals surface area contributed by atoms with Crippen LogP contribution in [0.3, 0.4) is 0 Å². The number of ether oxygens (including phenoxy) is 2. The molecule has 2 aliphatic heterocycles. The third-order valence-electron chi connectivity index (χ3n) is 4.52. The molecule has 0 amide bonds. The maximum absolute atomic E-state index is 5.60. The van der Waals surface area contributed by atoms with Gasteiger partial charge in [0, 0.05) is 44.0 Å². The molecule has 0 fully saturated rings. The van der Waals surface area contributed by atoms with Crippen molar-refractivity contribution >= 4 is 0 Å². The molecular formula is C17H21N3O2. The summed E-state index contributed by atoms with van der Waals surface area (Å²) >= 11 is 0. The topological polar surface area (TPSA) is 39.5 Å². The third kappa shape index (κ3) is 2.57. The van der Waals surface area contributed by atoms with Gasteiger partial charge in [-0.05, 0) is 25.5 Å². The number of imidazole rings is 1. The second-order valence-corrected chi connectivity index (χ2v) is 6.25. The maximum Gasteiger partial charge on any atom is 0.231 e. The molecule has 1 atom stereocenters.